The molecule has 106 valence electrons. The van der Waals surface area contributed by atoms with E-state index >= 15 is 0 Å². The Labute approximate surface area is 112 Å². The molecular weight excluding hydrogens is 224 g/mol. The molecule has 1 N–H and O–H groups in total. The number of nitrogens with zero attached hydrogens (tertiary/aromatic N) is 1. The first-order chi connectivity index (χ1) is 8.84. The predicted molar refractivity (Wildman–Crippen MR) is 76.7 cm³/mol. The zero-order valence-electron chi connectivity index (χ0n) is 12.0. The highest BCUT2D eigenvalue weighted by Crippen LogP contribution is 2.09. The van der Waals surface area contributed by atoms with Crippen LogP contribution in [0.2, 0.25) is 0 Å². The molecule has 0 unspecified atom stereocenters. The summed E-state index contributed by atoms with van der Waals surface area (Å²) < 4.78 is 0. The molecule has 3 nitrogen and oxygen atoms in total. The maximum Gasteiger partial charge on any atom is 0.236 e. The van der Waals surface area contributed by atoms with E-state index in [0.29, 0.717) is 6.54 Å². The lowest BCUT2D eigenvalue weighted by atomic mass is 10.1. The van der Waals surface area contributed by atoms with Crippen molar-refractivity contribution in [2.75, 3.05) is 26.2 Å². The Balaban J connectivity index is 1.94. The minimum atomic E-state index is 0.287. The number of amides is 1. The fourth-order valence-electron chi connectivity index (χ4n) is 2.50. The van der Waals surface area contributed by atoms with E-state index < -0.39 is 0 Å². The normalized spacial score (nSPS) is 16.9. The van der Waals surface area contributed by atoms with Gasteiger partial charge < -0.3 is 10.2 Å². The van der Waals surface area contributed by atoms with E-state index in [1.165, 1.54) is 51.4 Å². The second-order valence-corrected chi connectivity index (χ2v) is 5.39. The quantitative estimate of drug-likeness (QED) is 0.642. The molecule has 0 aromatic heterocycles. The van der Waals surface area contributed by atoms with Crippen LogP contribution in [-0.4, -0.2) is 37.0 Å². The van der Waals surface area contributed by atoms with E-state index in [9.17, 15) is 4.79 Å². The predicted octanol–water partition coefficient (Wildman–Crippen LogP) is 2.95. The Bertz CT molecular complexity index is 219. The zero-order valence-corrected chi connectivity index (χ0v) is 12.0. The molecule has 0 spiro atoms. The van der Waals surface area contributed by atoms with Crippen molar-refractivity contribution in [3.05, 3.63) is 0 Å². The van der Waals surface area contributed by atoms with Crippen LogP contribution in [0.25, 0.3) is 0 Å². The van der Waals surface area contributed by atoms with Crippen LogP contribution < -0.4 is 5.32 Å². The molecule has 0 aliphatic carbocycles. The fourth-order valence-corrected chi connectivity index (χ4v) is 2.50. The lowest BCUT2D eigenvalue weighted by molar-refractivity contribution is -0.129. The summed E-state index contributed by atoms with van der Waals surface area (Å²) in [6, 6.07) is 0. The molecule has 1 heterocycles. The smallest absolute Gasteiger partial charge is 0.236 e. The third-order valence-electron chi connectivity index (χ3n) is 3.69. The maximum atomic E-state index is 11.7. The average molecular weight is 254 g/mol. The van der Waals surface area contributed by atoms with E-state index in [1.54, 1.807) is 0 Å². The summed E-state index contributed by atoms with van der Waals surface area (Å²) in [6.45, 7) is 5.70. The monoisotopic (exact) mass is 254 g/mol. The molecule has 0 bridgehead atoms. The molecule has 1 aliphatic heterocycles. The van der Waals surface area contributed by atoms with Gasteiger partial charge in [-0.2, -0.15) is 0 Å². The molecule has 0 aromatic carbocycles. The first-order valence-electron chi connectivity index (χ1n) is 7.83. The van der Waals surface area contributed by atoms with Crippen LogP contribution in [0.15, 0.2) is 0 Å². The van der Waals surface area contributed by atoms with Gasteiger partial charge in [-0.15, -0.1) is 0 Å². The van der Waals surface area contributed by atoms with Crippen molar-refractivity contribution in [1.82, 2.24) is 10.2 Å². The van der Waals surface area contributed by atoms with Gasteiger partial charge in [0.2, 0.25) is 5.91 Å². The maximum absolute atomic E-state index is 11.7. The summed E-state index contributed by atoms with van der Waals surface area (Å²) >= 11 is 0. The van der Waals surface area contributed by atoms with Crippen molar-refractivity contribution in [1.29, 1.82) is 0 Å². The number of hydrogen-bond donors (Lipinski definition) is 1. The number of carbonyl (C=O) groups excluding carboxylic acids is 1. The molecule has 1 amide bonds. The van der Waals surface area contributed by atoms with E-state index in [1.807, 2.05) is 4.90 Å². The molecule has 0 saturated carbocycles. The van der Waals surface area contributed by atoms with E-state index in [-0.39, 0.29) is 5.91 Å². The summed E-state index contributed by atoms with van der Waals surface area (Å²) in [4.78, 5) is 13.8. The van der Waals surface area contributed by atoms with Crippen LogP contribution in [0.1, 0.15) is 64.7 Å². The van der Waals surface area contributed by atoms with E-state index in [4.69, 9.17) is 0 Å². The van der Waals surface area contributed by atoms with Gasteiger partial charge in [-0.05, 0) is 19.4 Å². The van der Waals surface area contributed by atoms with Crippen molar-refractivity contribution in [2.45, 2.75) is 64.7 Å². The summed E-state index contributed by atoms with van der Waals surface area (Å²) in [7, 11) is 0. The molecule has 1 saturated heterocycles. The van der Waals surface area contributed by atoms with Crippen LogP contribution in [0.5, 0.6) is 0 Å². The largest absolute Gasteiger partial charge is 0.342 e. The Kier molecular flexibility index (Phi) is 8.92. The second kappa shape index (κ2) is 10.4. The molecule has 0 atom stereocenters. The van der Waals surface area contributed by atoms with Crippen molar-refractivity contribution < 1.29 is 4.79 Å². The molecule has 1 rings (SSSR count). The van der Waals surface area contributed by atoms with Gasteiger partial charge in [0.15, 0.2) is 0 Å². The van der Waals surface area contributed by atoms with Gasteiger partial charge in [-0.1, -0.05) is 51.9 Å². The van der Waals surface area contributed by atoms with Crippen LogP contribution >= 0.6 is 0 Å². The Morgan fingerprint density at radius 3 is 2.44 bits per heavy atom. The first kappa shape index (κ1) is 15.5. The Morgan fingerprint density at radius 2 is 1.72 bits per heavy atom. The third kappa shape index (κ3) is 7.00. The van der Waals surface area contributed by atoms with Crippen LogP contribution in [-0.2, 0) is 4.79 Å². The van der Waals surface area contributed by atoms with Gasteiger partial charge in [0.05, 0.1) is 6.54 Å². The molecule has 18 heavy (non-hydrogen) atoms. The molecule has 1 aliphatic rings. The first-order valence-corrected chi connectivity index (χ1v) is 7.83. The third-order valence-corrected chi connectivity index (χ3v) is 3.69. The van der Waals surface area contributed by atoms with Crippen LogP contribution in [0.3, 0.4) is 0 Å². The van der Waals surface area contributed by atoms with Crippen molar-refractivity contribution in [3.8, 4) is 0 Å². The zero-order chi connectivity index (χ0) is 13.1. The summed E-state index contributed by atoms with van der Waals surface area (Å²) in [5.41, 5.74) is 0. The standard InChI is InChI=1S/C15H30N2O/c1-2-3-4-5-6-7-8-9-12-17-13-10-11-16-14-15(17)18/h16H,2-14H2,1H3. The van der Waals surface area contributed by atoms with Gasteiger partial charge in [-0.3, -0.25) is 4.79 Å². The number of nitrogens with one attached hydrogen (secondary N) is 1. The summed E-state index contributed by atoms with van der Waals surface area (Å²) in [5.74, 6) is 0.287. The average Bonchev–Trinajstić information content (AvgIpc) is 2.58. The Morgan fingerprint density at radius 1 is 1.06 bits per heavy atom. The minimum absolute atomic E-state index is 0.287. The van der Waals surface area contributed by atoms with Gasteiger partial charge >= 0.3 is 0 Å². The number of hydrogen-bond acceptors (Lipinski definition) is 2. The van der Waals surface area contributed by atoms with Crippen molar-refractivity contribution >= 4 is 5.91 Å². The summed E-state index contributed by atoms with van der Waals surface area (Å²) in [5, 5.41) is 3.17. The highest BCUT2D eigenvalue weighted by Gasteiger charge is 2.14. The van der Waals surface area contributed by atoms with Gasteiger partial charge in [0, 0.05) is 13.1 Å². The van der Waals surface area contributed by atoms with Gasteiger partial charge in [0.25, 0.3) is 0 Å². The highest BCUT2D eigenvalue weighted by atomic mass is 16.2. The number of carbonyl (C=O) groups is 1. The second-order valence-electron chi connectivity index (χ2n) is 5.39. The Hall–Kier alpha value is -0.570. The fraction of sp³-hybridized carbons (Fsp3) is 0.933. The molecule has 1 fully saturated rings. The number of unbranched alkanes of at least 4 members (excludes halogenated alkanes) is 7. The van der Waals surface area contributed by atoms with E-state index in [0.717, 1.165) is 26.1 Å². The minimum Gasteiger partial charge on any atom is -0.342 e. The van der Waals surface area contributed by atoms with Crippen LogP contribution in [0.4, 0.5) is 0 Å². The highest BCUT2D eigenvalue weighted by molar-refractivity contribution is 5.78. The molecule has 3 heteroatoms. The molecule has 0 radical (unpaired) electrons. The lowest BCUT2D eigenvalue weighted by Gasteiger charge is -2.19. The van der Waals surface area contributed by atoms with Gasteiger partial charge in [-0.25, -0.2) is 0 Å². The molecular formula is C15H30N2O. The number of rotatable bonds is 9. The van der Waals surface area contributed by atoms with Crippen molar-refractivity contribution in [2.24, 2.45) is 0 Å². The molecule has 0 aromatic rings. The van der Waals surface area contributed by atoms with E-state index in [2.05, 4.69) is 12.2 Å². The lowest BCUT2D eigenvalue weighted by Crippen LogP contribution is -2.35. The van der Waals surface area contributed by atoms with Gasteiger partial charge in [0.1, 0.15) is 0 Å². The van der Waals surface area contributed by atoms with Crippen molar-refractivity contribution in [3.63, 3.8) is 0 Å². The summed E-state index contributed by atoms with van der Waals surface area (Å²) in [6.07, 6.45) is 11.8. The topological polar surface area (TPSA) is 32.3 Å². The SMILES string of the molecule is CCCCCCCCCCN1CCCNCC1=O. The van der Waals surface area contributed by atoms with Crippen LogP contribution in [0, 0.1) is 0 Å².